The molecule has 1 fully saturated rings. The summed E-state index contributed by atoms with van der Waals surface area (Å²) < 4.78 is 18.9. The highest BCUT2D eigenvalue weighted by molar-refractivity contribution is 5.35. The van der Waals surface area contributed by atoms with Crippen molar-refractivity contribution in [2.75, 3.05) is 6.61 Å². The first-order valence-corrected chi connectivity index (χ1v) is 6.77. The van der Waals surface area contributed by atoms with E-state index in [0.29, 0.717) is 23.8 Å². The Morgan fingerprint density at radius 1 is 1.33 bits per heavy atom. The van der Waals surface area contributed by atoms with Gasteiger partial charge in [0.2, 0.25) is 0 Å². The quantitative estimate of drug-likeness (QED) is 0.882. The summed E-state index contributed by atoms with van der Waals surface area (Å²) in [6, 6.07) is 4.34. The molecule has 0 unspecified atom stereocenters. The number of hydrogen-bond acceptors (Lipinski definition) is 2. The van der Waals surface area contributed by atoms with Crippen molar-refractivity contribution in [2.45, 2.75) is 45.1 Å². The molecule has 0 bridgehead atoms. The van der Waals surface area contributed by atoms with Gasteiger partial charge in [-0.2, -0.15) is 0 Å². The molecule has 1 atom stereocenters. The zero-order valence-corrected chi connectivity index (χ0v) is 10.9. The molecule has 1 saturated carbocycles. The van der Waals surface area contributed by atoms with Crippen LogP contribution in [0.5, 0.6) is 5.75 Å². The predicted molar refractivity (Wildman–Crippen MR) is 69.1 cm³/mol. The summed E-state index contributed by atoms with van der Waals surface area (Å²) >= 11 is 0. The number of ether oxygens (including phenoxy) is 1. The molecule has 3 heteroatoms. The van der Waals surface area contributed by atoms with Gasteiger partial charge in [0.05, 0.1) is 12.7 Å². The molecule has 0 heterocycles. The van der Waals surface area contributed by atoms with E-state index in [1.165, 1.54) is 44.2 Å². The molecule has 1 N–H and O–H groups in total. The van der Waals surface area contributed by atoms with Crippen LogP contribution in [0, 0.1) is 11.7 Å². The molecule has 18 heavy (non-hydrogen) atoms. The summed E-state index contributed by atoms with van der Waals surface area (Å²) in [6.45, 7) is 2.30. The van der Waals surface area contributed by atoms with Crippen molar-refractivity contribution in [1.29, 1.82) is 0 Å². The van der Waals surface area contributed by atoms with Gasteiger partial charge in [0.15, 0.2) is 0 Å². The molecular formula is C15H21FO2. The monoisotopic (exact) mass is 252 g/mol. The van der Waals surface area contributed by atoms with Crippen LogP contribution < -0.4 is 4.74 Å². The third kappa shape index (κ3) is 3.45. The van der Waals surface area contributed by atoms with Gasteiger partial charge in [0.25, 0.3) is 0 Å². The van der Waals surface area contributed by atoms with Gasteiger partial charge >= 0.3 is 0 Å². The predicted octanol–water partition coefficient (Wildman–Crippen LogP) is 3.84. The maximum absolute atomic E-state index is 13.1. The molecule has 2 nitrogen and oxygen atoms in total. The summed E-state index contributed by atoms with van der Waals surface area (Å²) in [5.74, 6) is 0.874. The van der Waals surface area contributed by atoms with Gasteiger partial charge in [-0.25, -0.2) is 4.39 Å². The van der Waals surface area contributed by atoms with E-state index in [9.17, 15) is 9.50 Å². The van der Waals surface area contributed by atoms with Gasteiger partial charge < -0.3 is 9.84 Å². The number of halogens is 1. The lowest BCUT2D eigenvalue weighted by Gasteiger charge is -2.22. The third-order valence-corrected chi connectivity index (χ3v) is 3.62. The Bertz CT molecular complexity index is 384. The Morgan fingerprint density at radius 3 is 2.72 bits per heavy atom. The highest BCUT2D eigenvalue weighted by Crippen LogP contribution is 2.29. The first kappa shape index (κ1) is 13.3. The minimum atomic E-state index is -0.706. The number of aliphatic hydroxyl groups is 1. The highest BCUT2D eigenvalue weighted by atomic mass is 19.1. The summed E-state index contributed by atoms with van der Waals surface area (Å²) in [5.41, 5.74) is 0.533. The van der Waals surface area contributed by atoms with E-state index >= 15 is 0 Å². The van der Waals surface area contributed by atoms with E-state index in [1.54, 1.807) is 13.0 Å². The Balaban J connectivity index is 1.99. The standard InChI is InChI=1S/C15H21FO2/c1-11(17)14-9-13(16)7-8-15(14)18-10-12-5-3-2-4-6-12/h7-9,11-12,17H,2-6,10H2,1H3/t11-/m0/s1. The number of aliphatic hydroxyl groups excluding tert-OH is 1. The Hall–Kier alpha value is -1.09. The van der Waals surface area contributed by atoms with Gasteiger partial charge in [-0.1, -0.05) is 19.3 Å². The third-order valence-electron chi connectivity index (χ3n) is 3.62. The molecule has 1 aliphatic rings. The van der Waals surface area contributed by atoms with Crippen molar-refractivity contribution in [3.8, 4) is 5.75 Å². The van der Waals surface area contributed by atoms with E-state index < -0.39 is 6.10 Å². The fourth-order valence-electron chi connectivity index (χ4n) is 2.54. The number of benzene rings is 1. The molecule has 0 spiro atoms. The molecule has 2 rings (SSSR count). The molecule has 100 valence electrons. The SMILES string of the molecule is C[C@H](O)c1cc(F)ccc1OCC1CCCCC1. The van der Waals surface area contributed by atoms with E-state index in [-0.39, 0.29) is 5.82 Å². The van der Waals surface area contributed by atoms with E-state index in [1.807, 2.05) is 0 Å². The van der Waals surface area contributed by atoms with Gasteiger partial charge in [0.1, 0.15) is 11.6 Å². The summed E-state index contributed by atoms with van der Waals surface area (Å²) in [6.07, 6.45) is 5.60. The lowest BCUT2D eigenvalue weighted by Crippen LogP contribution is -2.16. The van der Waals surface area contributed by atoms with Gasteiger partial charge in [-0.15, -0.1) is 0 Å². The summed E-state index contributed by atoms with van der Waals surface area (Å²) in [7, 11) is 0. The van der Waals surface area contributed by atoms with Crippen LogP contribution in [-0.4, -0.2) is 11.7 Å². The maximum Gasteiger partial charge on any atom is 0.125 e. The van der Waals surface area contributed by atoms with Crippen LogP contribution in [-0.2, 0) is 0 Å². The van der Waals surface area contributed by atoms with Crippen molar-refractivity contribution < 1.29 is 14.2 Å². The molecule has 1 aromatic rings. The van der Waals surface area contributed by atoms with E-state index in [4.69, 9.17) is 4.74 Å². The van der Waals surface area contributed by atoms with Crippen molar-refractivity contribution in [3.05, 3.63) is 29.6 Å². The van der Waals surface area contributed by atoms with Crippen LogP contribution in [0.15, 0.2) is 18.2 Å². The highest BCUT2D eigenvalue weighted by Gasteiger charge is 2.16. The second kappa shape index (κ2) is 6.19. The van der Waals surface area contributed by atoms with Crippen LogP contribution in [0.2, 0.25) is 0 Å². The Kier molecular flexibility index (Phi) is 4.59. The molecule has 0 aromatic heterocycles. The van der Waals surface area contributed by atoms with Crippen molar-refractivity contribution >= 4 is 0 Å². The van der Waals surface area contributed by atoms with E-state index in [2.05, 4.69) is 0 Å². The molecule has 0 saturated heterocycles. The summed E-state index contributed by atoms with van der Waals surface area (Å²) in [4.78, 5) is 0. The molecule has 0 radical (unpaired) electrons. The normalized spacial score (nSPS) is 18.6. The lowest BCUT2D eigenvalue weighted by molar-refractivity contribution is 0.177. The Morgan fingerprint density at radius 2 is 2.06 bits per heavy atom. The summed E-state index contributed by atoms with van der Waals surface area (Å²) in [5, 5.41) is 9.62. The van der Waals surface area contributed by atoms with Crippen molar-refractivity contribution in [3.63, 3.8) is 0 Å². The fraction of sp³-hybridized carbons (Fsp3) is 0.600. The average molecular weight is 252 g/mol. The average Bonchev–Trinajstić information content (AvgIpc) is 2.38. The van der Waals surface area contributed by atoms with Crippen LogP contribution in [0.25, 0.3) is 0 Å². The zero-order valence-electron chi connectivity index (χ0n) is 10.9. The van der Waals surface area contributed by atoms with Crippen molar-refractivity contribution in [1.82, 2.24) is 0 Å². The number of rotatable bonds is 4. The minimum Gasteiger partial charge on any atom is -0.493 e. The largest absolute Gasteiger partial charge is 0.493 e. The molecule has 1 aromatic carbocycles. The second-order valence-electron chi connectivity index (χ2n) is 5.17. The number of hydrogen-bond donors (Lipinski definition) is 1. The van der Waals surface area contributed by atoms with Gasteiger partial charge in [0, 0.05) is 5.56 Å². The smallest absolute Gasteiger partial charge is 0.125 e. The zero-order chi connectivity index (χ0) is 13.0. The molecular weight excluding hydrogens is 231 g/mol. The van der Waals surface area contributed by atoms with E-state index in [0.717, 1.165) is 0 Å². The first-order valence-electron chi connectivity index (χ1n) is 6.77. The van der Waals surface area contributed by atoms with Crippen LogP contribution in [0.3, 0.4) is 0 Å². The van der Waals surface area contributed by atoms with Crippen LogP contribution >= 0.6 is 0 Å². The van der Waals surface area contributed by atoms with Crippen molar-refractivity contribution in [2.24, 2.45) is 5.92 Å². The van der Waals surface area contributed by atoms with Gasteiger partial charge in [-0.05, 0) is 43.9 Å². The maximum atomic E-state index is 13.1. The Labute approximate surface area is 108 Å². The topological polar surface area (TPSA) is 29.5 Å². The first-order chi connectivity index (χ1) is 8.66. The molecule has 0 aliphatic heterocycles. The molecule has 1 aliphatic carbocycles. The molecule has 0 amide bonds. The lowest BCUT2D eigenvalue weighted by atomic mass is 9.90. The minimum absolute atomic E-state index is 0.337. The van der Waals surface area contributed by atoms with Crippen LogP contribution in [0.4, 0.5) is 4.39 Å². The van der Waals surface area contributed by atoms with Crippen LogP contribution in [0.1, 0.15) is 50.7 Å². The second-order valence-corrected chi connectivity index (χ2v) is 5.17. The fourth-order valence-corrected chi connectivity index (χ4v) is 2.54. The van der Waals surface area contributed by atoms with Gasteiger partial charge in [-0.3, -0.25) is 0 Å².